The van der Waals surface area contributed by atoms with Gasteiger partial charge in [0.25, 0.3) is 0 Å². The maximum Gasteiger partial charge on any atom is 0.303 e. The standard InChI is InChI=1S/C15H28O2/c1-5-6-7-8-9-10-11-12-15(13(2)3)17-14(4)16/h11-13,15H,5-10H2,1-4H3/b12-11+. The third-order valence-electron chi connectivity index (χ3n) is 2.76. The zero-order valence-electron chi connectivity index (χ0n) is 11.9. The van der Waals surface area contributed by atoms with Gasteiger partial charge in [0.05, 0.1) is 0 Å². The number of carbonyl (C=O) groups excluding carboxylic acids is 1. The number of carbonyl (C=O) groups is 1. The van der Waals surface area contributed by atoms with Gasteiger partial charge in [-0.2, -0.15) is 0 Å². The Bertz CT molecular complexity index is 219. The molecule has 0 aliphatic carbocycles. The van der Waals surface area contributed by atoms with Crippen molar-refractivity contribution in [1.29, 1.82) is 0 Å². The monoisotopic (exact) mass is 240 g/mol. The van der Waals surface area contributed by atoms with Gasteiger partial charge in [-0.1, -0.05) is 52.5 Å². The van der Waals surface area contributed by atoms with E-state index in [1.807, 2.05) is 6.08 Å². The molecule has 0 aliphatic rings. The summed E-state index contributed by atoms with van der Waals surface area (Å²) in [5, 5.41) is 0. The van der Waals surface area contributed by atoms with Crippen LogP contribution in [0.15, 0.2) is 12.2 Å². The summed E-state index contributed by atoms with van der Waals surface area (Å²) >= 11 is 0. The summed E-state index contributed by atoms with van der Waals surface area (Å²) in [6.07, 6.45) is 11.7. The third kappa shape index (κ3) is 10.1. The molecule has 0 fully saturated rings. The van der Waals surface area contributed by atoms with Crippen molar-refractivity contribution < 1.29 is 9.53 Å². The number of hydrogen-bond donors (Lipinski definition) is 0. The van der Waals surface area contributed by atoms with Crippen molar-refractivity contribution in [2.45, 2.75) is 72.3 Å². The topological polar surface area (TPSA) is 26.3 Å². The summed E-state index contributed by atoms with van der Waals surface area (Å²) in [6, 6.07) is 0. The maximum absolute atomic E-state index is 10.9. The molecule has 0 saturated heterocycles. The first-order chi connectivity index (χ1) is 8.07. The van der Waals surface area contributed by atoms with E-state index >= 15 is 0 Å². The first kappa shape index (κ1) is 16.2. The normalized spacial score (nSPS) is 13.2. The van der Waals surface area contributed by atoms with Crippen molar-refractivity contribution in [3.05, 3.63) is 12.2 Å². The van der Waals surface area contributed by atoms with Crippen LogP contribution in [0, 0.1) is 5.92 Å². The average molecular weight is 240 g/mol. The highest BCUT2D eigenvalue weighted by molar-refractivity contribution is 5.66. The fraction of sp³-hybridized carbons (Fsp3) is 0.800. The van der Waals surface area contributed by atoms with E-state index in [-0.39, 0.29) is 12.1 Å². The first-order valence-electron chi connectivity index (χ1n) is 6.91. The average Bonchev–Trinajstić information content (AvgIpc) is 2.25. The second-order valence-corrected chi connectivity index (χ2v) is 4.95. The lowest BCUT2D eigenvalue weighted by Gasteiger charge is -2.16. The minimum atomic E-state index is -0.198. The fourth-order valence-electron chi connectivity index (χ4n) is 1.69. The quantitative estimate of drug-likeness (QED) is 0.337. The minimum Gasteiger partial charge on any atom is -0.458 e. The zero-order chi connectivity index (χ0) is 13.1. The Morgan fingerprint density at radius 3 is 2.35 bits per heavy atom. The Morgan fingerprint density at radius 2 is 1.82 bits per heavy atom. The molecule has 0 bridgehead atoms. The molecule has 0 aliphatic heterocycles. The van der Waals surface area contributed by atoms with Crippen LogP contribution >= 0.6 is 0 Å². The Hall–Kier alpha value is -0.790. The summed E-state index contributed by atoms with van der Waals surface area (Å²) < 4.78 is 5.23. The molecule has 2 nitrogen and oxygen atoms in total. The molecule has 0 aromatic heterocycles. The predicted octanol–water partition coefficient (Wildman–Crippen LogP) is 4.49. The molecule has 0 aromatic rings. The molecule has 0 saturated carbocycles. The van der Waals surface area contributed by atoms with E-state index in [1.165, 1.54) is 39.0 Å². The highest BCUT2D eigenvalue weighted by atomic mass is 16.5. The van der Waals surface area contributed by atoms with Crippen LogP contribution in [0.25, 0.3) is 0 Å². The second-order valence-electron chi connectivity index (χ2n) is 4.95. The molecule has 17 heavy (non-hydrogen) atoms. The van der Waals surface area contributed by atoms with Crippen molar-refractivity contribution in [1.82, 2.24) is 0 Å². The molecular formula is C15H28O2. The number of hydrogen-bond acceptors (Lipinski definition) is 2. The van der Waals surface area contributed by atoms with E-state index in [9.17, 15) is 4.79 Å². The lowest BCUT2D eigenvalue weighted by Crippen LogP contribution is -2.19. The molecule has 100 valence electrons. The minimum absolute atomic E-state index is 0.0665. The largest absolute Gasteiger partial charge is 0.458 e. The molecule has 0 aromatic carbocycles. The van der Waals surface area contributed by atoms with Gasteiger partial charge in [-0.25, -0.2) is 0 Å². The molecule has 0 heterocycles. The summed E-state index contributed by atoms with van der Waals surface area (Å²) in [7, 11) is 0. The van der Waals surface area contributed by atoms with Crippen molar-refractivity contribution in [2.75, 3.05) is 0 Å². The molecule has 0 radical (unpaired) electrons. The Morgan fingerprint density at radius 1 is 1.18 bits per heavy atom. The van der Waals surface area contributed by atoms with Gasteiger partial charge in [0, 0.05) is 6.92 Å². The molecule has 1 atom stereocenters. The summed E-state index contributed by atoms with van der Waals surface area (Å²) in [5.41, 5.74) is 0. The highest BCUT2D eigenvalue weighted by Gasteiger charge is 2.11. The van der Waals surface area contributed by atoms with E-state index in [0.717, 1.165) is 6.42 Å². The van der Waals surface area contributed by atoms with Crippen molar-refractivity contribution >= 4 is 5.97 Å². The van der Waals surface area contributed by atoms with Gasteiger partial charge in [0.2, 0.25) is 0 Å². The van der Waals surface area contributed by atoms with Crippen LogP contribution in [0.3, 0.4) is 0 Å². The van der Waals surface area contributed by atoms with Crippen LogP contribution in [0.5, 0.6) is 0 Å². The van der Waals surface area contributed by atoms with Crippen molar-refractivity contribution in [2.24, 2.45) is 5.92 Å². The van der Waals surface area contributed by atoms with Crippen LogP contribution in [0.1, 0.15) is 66.2 Å². The smallest absolute Gasteiger partial charge is 0.303 e. The summed E-state index contributed by atoms with van der Waals surface area (Å²) in [6.45, 7) is 7.83. The second kappa shape index (κ2) is 10.4. The van der Waals surface area contributed by atoms with Crippen LogP contribution in [-0.4, -0.2) is 12.1 Å². The van der Waals surface area contributed by atoms with Gasteiger partial charge < -0.3 is 4.74 Å². The van der Waals surface area contributed by atoms with Gasteiger partial charge >= 0.3 is 5.97 Å². The predicted molar refractivity (Wildman–Crippen MR) is 72.9 cm³/mol. The lowest BCUT2D eigenvalue weighted by atomic mass is 10.1. The summed E-state index contributed by atoms with van der Waals surface area (Å²) in [4.78, 5) is 10.9. The fourth-order valence-corrected chi connectivity index (χ4v) is 1.69. The Balaban J connectivity index is 3.73. The molecule has 2 heteroatoms. The molecular weight excluding hydrogens is 212 g/mol. The first-order valence-corrected chi connectivity index (χ1v) is 6.91. The van der Waals surface area contributed by atoms with Crippen LogP contribution in [0.2, 0.25) is 0 Å². The Labute approximate surface area is 106 Å². The van der Waals surface area contributed by atoms with Gasteiger partial charge in [0.1, 0.15) is 6.10 Å². The van der Waals surface area contributed by atoms with E-state index in [1.54, 1.807) is 0 Å². The van der Waals surface area contributed by atoms with Crippen molar-refractivity contribution in [3.63, 3.8) is 0 Å². The number of rotatable bonds is 9. The molecule has 0 N–H and O–H groups in total. The van der Waals surface area contributed by atoms with E-state index in [2.05, 4.69) is 26.8 Å². The van der Waals surface area contributed by atoms with Gasteiger partial charge in [0.15, 0.2) is 0 Å². The maximum atomic E-state index is 10.9. The van der Waals surface area contributed by atoms with Crippen LogP contribution in [0.4, 0.5) is 0 Å². The number of esters is 1. The molecule has 0 rings (SSSR count). The van der Waals surface area contributed by atoms with Crippen LogP contribution in [-0.2, 0) is 9.53 Å². The van der Waals surface area contributed by atoms with Gasteiger partial charge in [-0.3, -0.25) is 4.79 Å². The molecule has 0 spiro atoms. The highest BCUT2D eigenvalue weighted by Crippen LogP contribution is 2.10. The summed E-state index contributed by atoms with van der Waals surface area (Å²) in [5.74, 6) is 0.145. The third-order valence-corrected chi connectivity index (χ3v) is 2.76. The molecule has 0 amide bonds. The molecule has 1 unspecified atom stereocenters. The lowest BCUT2D eigenvalue weighted by molar-refractivity contribution is -0.145. The van der Waals surface area contributed by atoms with E-state index < -0.39 is 0 Å². The van der Waals surface area contributed by atoms with E-state index in [0.29, 0.717) is 5.92 Å². The van der Waals surface area contributed by atoms with E-state index in [4.69, 9.17) is 4.74 Å². The van der Waals surface area contributed by atoms with Crippen LogP contribution < -0.4 is 0 Å². The van der Waals surface area contributed by atoms with Gasteiger partial charge in [-0.15, -0.1) is 0 Å². The SMILES string of the molecule is CCCCCCC/C=C/C(OC(C)=O)C(C)C. The Kier molecular flexibility index (Phi) is 9.89. The zero-order valence-corrected chi connectivity index (χ0v) is 11.9. The number of allylic oxidation sites excluding steroid dienone is 1. The number of unbranched alkanes of at least 4 members (excludes halogenated alkanes) is 5. The van der Waals surface area contributed by atoms with Crippen molar-refractivity contribution in [3.8, 4) is 0 Å². The number of ether oxygens (including phenoxy) is 1. The van der Waals surface area contributed by atoms with Gasteiger partial charge in [-0.05, 0) is 24.8 Å².